The van der Waals surface area contributed by atoms with Crippen molar-refractivity contribution in [2.24, 2.45) is 0 Å². The van der Waals surface area contributed by atoms with Crippen molar-refractivity contribution in [3.05, 3.63) is 87.3 Å². The molecule has 0 fully saturated rings. The summed E-state index contributed by atoms with van der Waals surface area (Å²) in [6.45, 7) is -3.27. The van der Waals surface area contributed by atoms with Gasteiger partial charge in [-0.15, -0.1) is 0 Å². The summed E-state index contributed by atoms with van der Waals surface area (Å²) in [5.74, 6) is -0.407. The Balaban J connectivity index is 2.06. The van der Waals surface area contributed by atoms with E-state index in [9.17, 15) is 26.7 Å². The lowest BCUT2D eigenvalue weighted by molar-refractivity contribution is -0.137. The van der Waals surface area contributed by atoms with Crippen molar-refractivity contribution in [1.29, 1.82) is 0 Å². The van der Waals surface area contributed by atoms with Gasteiger partial charge in [-0.3, -0.25) is 9.36 Å². The first kappa shape index (κ1) is 20.9. The maximum atomic E-state index is 13.3. The van der Waals surface area contributed by atoms with E-state index in [2.05, 4.69) is 0 Å². The van der Waals surface area contributed by atoms with Crippen molar-refractivity contribution in [3.63, 3.8) is 0 Å². The summed E-state index contributed by atoms with van der Waals surface area (Å²) in [5.41, 5.74) is -1.61. The van der Waals surface area contributed by atoms with Gasteiger partial charge >= 0.3 is 12.7 Å². The minimum absolute atomic E-state index is 0.0410. The molecule has 3 aromatic rings. The van der Waals surface area contributed by atoms with Gasteiger partial charge in [-0.05, 0) is 29.3 Å². The topological polar surface area (TPSA) is 31.2 Å². The maximum Gasteiger partial charge on any atom is 0.417 e. The predicted molar refractivity (Wildman–Crippen MR) is 98.2 cm³/mol. The van der Waals surface area contributed by atoms with Crippen LogP contribution in [-0.2, 0) is 12.8 Å². The van der Waals surface area contributed by atoms with Gasteiger partial charge in [0.2, 0.25) is 0 Å². The van der Waals surface area contributed by atoms with Crippen molar-refractivity contribution < 1.29 is 26.7 Å². The molecule has 29 heavy (non-hydrogen) atoms. The first-order valence-corrected chi connectivity index (χ1v) is 8.63. The molecule has 0 saturated heterocycles. The molecule has 3 rings (SSSR count). The fourth-order valence-electron chi connectivity index (χ4n) is 2.64. The highest BCUT2D eigenvalue weighted by molar-refractivity contribution is 6.31. The average molecular weight is 430 g/mol. The van der Waals surface area contributed by atoms with Crippen molar-refractivity contribution >= 4 is 11.6 Å². The van der Waals surface area contributed by atoms with E-state index in [4.69, 9.17) is 16.3 Å². The molecule has 0 N–H and O–H groups in total. The number of hydrogen-bond acceptors (Lipinski definition) is 2. The number of rotatable bonds is 5. The van der Waals surface area contributed by atoms with Gasteiger partial charge in [0.15, 0.2) is 5.75 Å². The lowest BCUT2D eigenvalue weighted by Crippen LogP contribution is -2.22. The highest BCUT2D eigenvalue weighted by atomic mass is 35.5. The van der Waals surface area contributed by atoms with Gasteiger partial charge in [-0.1, -0.05) is 48.0 Å². The summed E-state index contributed by atoms with van der Waals surface area (Å²) >= 11 is 5.60. The standard InChI is InChI=1S/C20H13ClF5NO2/c21-16-7-6-13(8-15(16)20(24,25)26)14-9-17(18(28)27(10-14)19(22)23)29-11-12-4-2-1-3-5-12/h1-10,19H,11H2. The number of aromatic nitrogens is 1. The lowest BCUT2D eigenvalue weighted by atomic mass is 10.0. The van der Waals surface area contributed by atoms with Crippen LogP contribution in [0.4, 0.5) is 22.0 Å². The first-order chi connectivity index (χ1) is 13.7. The summed E-state index contributed by atoms with van der Waals surface area (Å²) in [5, 5.41) is -0.524. The smallest absolute Gasteiger partial charge is 0.417 e. The second kappa shape index (κ2) is 8.24. The molecule has 0 unspecified atom stereocenters. The van der Waals surface area contributed by atoms with E-state index in [0.29, 0.717) is 5.56 Å². The number of benzene rings is 2. The fraction of sp³-hybridized carbons (Fsp3) is 0.150. The molecular formula is C20H13ClF5NO2. The quantitative estimate of drug-likeness (QED) is 0.455. The highest BCUT2D eigenvalue weighted by Crippen LogP contribution is 2.37. The van der Waals surface area contributed by atoms with Gasteiger partial charge in [-0.25, -0.2) is 0 Å². The Morgan fingerprint density at radius 2 is 1.69 bits per heavy atom. The van der Waals surface area contributed by atoms with E-state index < -0.39 is 34.6 Å². The molecule has 0 aliphatic carbocycles. The van der Waals surface area contributed by atoms with E-state index in [0.717, 1.165) is 24.4 Å². The monoisotopic (exact) mass is 429 g/mol. The van der Waals surface area contributed by atoms with Crippen LogP contribution >= 0.6 is 11.6 Å². The van der Waals surface area contributed by atoms with Crippen LogP contribution in [0.25, 0.3) is 11.1 Å². The largest absolute Gasteiger partial charge is 0.483 e. The van der Waals surface area contributed by atoms with Crippen LogP contribution in [0.3, 0.4) is 0 Å². The summed E-state index contributed by atoms with van der Waals surface area (Å²) in [6, 6.07) is 12.8. The zero-order valence-corrected chi connectivity index (χ0v) is 15.3. The lowest BCUT2D eigenvalue weighted by Gasteiger charge is -2.14. The van der Waals surface area contributed by atoms with Crippen molar-refractivity contribution in [3.8, 4) is 16.9 Å². The van der Waals surface area contributed by atoms with Gasteiger partial charge in [0, 0.05) is 11.8 Å². The van der Waals surface area contributed by atoms with Crippen molar-refractivity contribution in [1.82, 2.24) is 4.57 Å². The maximum absolute atomic E-state index is 13.3. The number of hydrogen-bond donors (Lipinski definition) is 0. The van der Waals surface area contributed by atoms with Crippen LogP contribution in [0.5, 0.6) is 5.75 Å². The molecule has 3 nitrogen and oxygen atoms in total. The molecule has 0 aliphatic rings. The number of ether oxygens (including phenoxy) is 1. The predicted octanol–water partition coefficient (Wildman–Crippen LogP) is 6.16. The van der Waals surface area contributed by atoms with E-state index in [1.807, 2.05) is 0 Å². The Morgan fingerprint density at radius 1 is 1.00 bits per heavy atom. The molecule has 0 bridgehead atoms. The minimum Gasteiger partial charge on any atom is -0.483 e. The van der Waals surface area contributed by atoms with Crippen LogP contribution in [0.2, 0.25) is 5.02 Å². The Labute approximate surface area is 166 Å². The van der Waals surface area contributed by atoms with Gasteiger partial charge in [0.25, 0.3) is 5.56 Å². The van der Waals surface area contributed by atoms with Crippen LogP contribution in [0.15, 0.2) is 65.6 Å². The van der Waals surface area contributed by atoms with Crippen LogP contribution in [0.1, 0.15) is 17.7 Å². The SMILES string of the molecule is O=c1c(OCc2ccccc2)cc(-c2ccc(Cl)c(C(F)(F)F)c2)cn1C(F)F. The molecule has 0 amide bonds. The molecule has 0 saturated carbocycles. The second-order valence-corrected chi connectivity index (χ2v) is 6.46. The highest BCUT2D eigenvalue weighted by Gasteiger charge is 2.33. The molecule has 152 valence electrons. The molecule has 0 atom stereocenters. The molecule has 1 heterocycles. The zero-order valence-electron chi connectivity index (χ0n) is 14.6. The van der Waals surface area contributed by atoms with E-state index in [1.54, 1.807) is 30.3 Å². The summed E-state index contributed by atoms with van der Waals surface area (Å²) in [7, 11) is 0. The van der Waals surface area contributed by atoms with E-state index in [1.165, 1.54) is 6.07 Å². The van der Waals surface area contributed by atoms with Crippen LogP contribution in [-0.4, -0.2) is 4.57 Å². The molecular weight excluding hydrogens is 417 g/mol. The third kappa shape index (κ3) is 4.76. The molecule has 2 aromatic carbocycles. The molecule has 1 aromatic heterocycles. The van der Waals surface area contributed by atoms with Crippen molar-refractivity contribution in [2.75, 3.05) is 0 Å². The van der Waals surface area contributed by atoms with Crippen molar-refractivity contribution in [2.45, 2.75) is 19.3 Å². The molecule has 0 spiro atoms. The molecule has 9 heteroatoms. The van der Waals surface area contributed by atoms with Crippen LogP contribution < -0.4 is 10.3 Å². The Bertz CT molecular complexity index is 1060. The third-order valence-corrected chi connectivity index (χ3v) is 4.39. The summed E-state index contributed by atoms with van der Waals surface area (Å²) < 4.78 is 71.5. The first-order valence-electron chi connectivity index (χ1n) is 8.25. The second-order valence-electron chi connectivity index (χ2n) is 6.05. The zero-order chi connectivity index (χ0) is 21.2. The fourth-order valence-corrected chi connectivity index (χ4v) is 2.86. The number of halogens is 6. The third-order valence-electron chi connectivity index (χ3n) is 4.06. The summed E-state index contributed by atoms with van der Waals surface area (Å²) in [4.78, 5) is 12.3. The Morgan fingerprint density at radius 3 is 2.31 bits per heavy atom. The summed E-state index contributed by atoms with van der Waals surface area (Å²) in [6.07, 6.45) is -3.94. The van der Waals surface area contributed by atoms with E-state index in [-0.39, 0.29) is 22.3 Å². The minimum atomic E-state index is -4.73. The van der Waals surface area contributed by atoms with E-state index >= 15 is 0 Å². The molecule has 0 aliphatic heterocycles. The normalized spacial score (nSPS) is 11.7. The average Bonchev–Trinajstić information content (AvgIpc) is 2.67. The van der Waals surface area contributed by atoms with Gasteiger partial charge in [-0.2, -0.15) is 22.0 Å². The Hall–Kier alpha value is -2.87. The van der Waals surface area contributed by atoms with Crippen LogP contribution in [0, 0.1) is 0 Å². The molecule has 0 radical (unpaired) electrons. The van der Waals surface area contributed by atoms with Gasteiger partial charge in [0.1, 0.15) is 6.61 Å². The van der Waals surface area contributed by atoms with Gasteiger partial charge in [0.05, 0.1) is 10.6 Å². The number of nitrogens with zero attached hydrogens (tertiary/aromatic N) is 1. The number of alkyl halides is 5. The van der Waals surface area contributed by atoms with Gasteiger partial charge < -0.3 is 4.74 Å². The Kier molecular flexibility index (Phi) is 5.93. The number of pyridine rings is 1.